The van der Waals surface area contributed by atoms with Crippen LogP contribution in [0.15, 0.2) is 15.8 Å². The summed E-state index contributed by atoms with van der Waals surface area (Å²) in [4.78, 5) is 25.8. The molecule has 6 fully saturated rings. The van der Waals surface area contributed by atoms with Crippen LogP contribution in [0.1, 0.15) is 5.56 Å². The molecule has 0 bridgehead atoms. The first-order chi connectivity index (χ1) is 9.59. The molecule has 0 aliphatic heterocycles. The van der Waals surface area contributed by atoms with Crippen molar-refractivity contribution in [1.29, 1.82) is 0 Å². The molecule has 6 saturated carbocycles. The molecule has 0 saturated heterocycles. The number of nitrogens with one attached hydrogen (secondary N) is 1. The number of aromatic nitrogens is 2. The molecule has 1 aromatic heterocycles. The van der Waals surface area contributed by atoms with Gasteiger partial charge in [-0.05, 0) is 47.8 Å². The number of aliphatic hydroxyl groups is 1. The van der Waals surface area contributed by atoms with Gasteiger partial charge in [0.1, 0.15) is 0 Å². The van der Waals surface area contributed by atoms with Crippen LogP contribution in [0.25, 0.3) is 0 Å². The second kappa shape index (κ2) is 2.45. The van der Waals surface area contributed by atoms with Crippen molar-refractivity contribution < 1.29 is 5.11 Å². The van der Waals surface area contributed by atoms with E-state index in [1.807, 2.05) is 0 Å². The zero-order valence-corrected chi connectivity index (χ0v) is 11.2. The van der Waals surface area contributed by atoms with Crippen molar-refractivity contribution in [1.82, 2.24) is 9.55 Å². The molecule has 104 valence electrons. The summed E-state index contributed by atoms with van der Waals surface area (Å²) in [7, 11) is 0. The molecule has 5 nitrogen and oxygen atoms in total. The molecule has 0 atom stereocenters. The van der Waals surface area contributed by atoms with Crippen molar-refractivity contribution in [3.8, 4) is 0 Å². The highest BCUT2D eigenvalue weighted by atomic mass is 16.3. The molecule has 6 aliphatic rings. The fourth-order valence-corrected chi connectivity index (χ4v) is 7.64. The minimum atomic E-state index is -0.278. The Hall–Kier alpha value is -1.36. The maximum absolute atomic E-state index is 11.9. The lowest BCUT2D eigenvalue weighted by atomic mass is 8.92. The molecular weight excluding hydrogens is 256 g/mol. The summed E-state index contributed by atoms with van der Waals surface area (Å²) in [6.07, 6.45) is 1.71. The molecule has 0 aromatic carbocycles. The first-order valence-electron chi connectivity index (χ1n) is 7.50. The zero-order valence-electron chi connectivity index (χ0n) is 11.2. The average molecular weight is 272 g/mol. The molecule has 1 heterocycles. The van der Waals surface area contributed by atoms with Crippen LogP contribution >= 0.6 is 0 Å². The maximum atomic E-state index is 11.9. The predicted octanol–water partition coefficient (Wildman–Crippen LogP) is -0.425. The van der Waals surface area contributed by atoms with Gasteiger partial charge in [0.25, 0.3) is 5.56 Å². The zero-order chi connectivity index (χ0) is 13.6. The van der Waals surface area contributed by atoms with E-state index in [1.54, 1.807) is 17.7 Å². The van der Waals surface area contributed by atoms with Crippen LogP contribution in [0, 0.1) is 53.3 Å². The Morgan fingerprint density at radius 2 is 1.70 bits per heavy atom. The summed E-state index contributed by atoms with van der Waals surface area (Å²) in [6, 6.07) is 0. The Balaban J connectivity index is 1.38. The van der Waals surface area contributed by atoms with E-state index < -0.39 is 0 Å². The number of aliphatic hydroxyl groups excluding tert-OH is 1. The Morgan fingerprint density at radius 1 is 1.15 bits per heavy atom. The molecule has 0 unspecified atom stereocenters. The van der Waals surface area contributed by atoms with Crippen molar-refractivity contribution >= 4 is 0 Å². The summed E-state index contributed by atoms with van der Waals surface area (Å²) in [6.45, 7) is 2.90. The lowest BCUT2D eigenvalue weighted by Crippen LogP contribution is -3.10. The quantitative estimate of drug-likeness (QED) is 0.784. The molecule has 5 heteroatoms. The van der Waals surface area contributed by atoms with E-state index in [4.69, 9.17) is 0 Å². The highest BCUT2D eigenvalue weighted by Gasteiger charge is 3.09. The van der Waals surface area contributed by atoms with Gasteiger partial charge in [-0.25, -0.2) is 4.79 Å². The summed E-state index contributed by atoms with van der Waals surface area (Å²) in [5.41, 5.74) is 0.735. The first kappa shape index (κ1) is 10.4. The van der Waals surface area contributed by atoms with Crippen molar-refractivity contribution in [2.24, 2.45) is 46.3 Å². The van der Waals surface area contributed by atoms with Gasteiger partial charge in [-0.1, -0.05) is 0 Å². The molecule has 2 N–H and O–H groups in total. The molecule has 0 amide bonds. The van der Waals surface area contributed by atoms with Crippen LogP contribution in [0.2, 0.25) is 0 Å². The lowest BCUT2D eigenvalue weighted by Gasteiger charge is -3.11. The van der Waals surface area contributed by atoms with Gasteiger partial charge >= 0.3 is 5.69 Å². The molecule has 20 heavy (non-hydrogen) atoms. The minimum absolute atomic E-state index is 0.272. The van der Waals surface area contributed by atoms with Crippen LogP contribution in [0.4, 0.5) is 0 Å². The van der Waals surface area contributed by atoms with E-state index in [0.29, 0.717) is 23.0 Å². The Bertz CT molecular complexity index is 751. The third-order valence-corrected chi connectivity index (χ3v) is 7.95. The summed E-state index contributed by atoms with van der Waals surface area (Å²) in [5.74, 6) is 4.54. The molecule has 1 aromatic rings. The predicted molar refractivity (Wildman–Crippen MR) is 69.0 cm³/mol. The smallest absolute Gasteiger partial charge is 0.328 e. The number of hydrogen-bond acceptors (Lipinski definition) is 3. The van der Waals surface area contributed by atoms with E-state index in [9.17, 15) is 14.7 Å². The van der Waals surface area contributed by atoms with Gasteiger partial charge in [0.05, 0.1) is 0 Å². The highest BCUT2D eigenvalue weighted by Crippen LogP contribution is 3.10. The van der Waals surface area contributed by atoms with Crippen molar-refractivity contribution in [3.05, 3.63) is 32.6 Å². The largest absolute Gasteiger partial charge is 0.396 e. The van der Waals surface area contributed by atoms with Gasteiger partial charge in [-0.2, -0.15) is 0 Å². The normalized spacial score (nSPS) is 57.7. The molecular formula is C15H16N2O3. The fourth-order valence-electron chi connectivity index (χ4n) is 7.64. The van der Waals surface area contributed by atoms with Crippen LogP contribution < -0.4 is 11.2 Å². The number of H-pyrrole nitrogens is 1. The Labute approximate surface area is 114 Å². The minimum Gasteiger partial charge on any atom is -0.396 e. The van der Waals surface area contributed by atoms with Gasteiger partial charge < -0.3 is 5.11 Å². The summed E-state index contributed by atoms with van der Waals surface area (Å²) in [5, 5.41) is 9.61. The number of rotatable bonds is 3. The van der Waals surface area contributed by atoms with Crippen molar-refractivity contribution in [2.45, 2.75) is 13.5 Å². The van der Waals surface area contributed by atoms with Gasteiger partial charge in [0.2, 0.25) is 0 Å². The summed E-state index contributed by atoms with van der Waals surface area (Å²) >= 11 is 0. The van der Waals surface area contributed by atoms with E-state index in [1.165, 1.54) is 0 Å². The van der Waals surface area contributed by atoms with Crippen molar-refractivity contribution in [3.63, 3.8) is 0 Å². The first-order valence-corrected chi connectivity index (χ1v) is 7.50. The molecule has 0 radical (unpaired) electrons. The second-order valence-corrected chi connectivity index (χ2v) is 7.74. The van der Waals surface area contributed by atoms with E-state index in [2.05, 4.69) is 4.98 Å². The monoisotopic (exact) mass is 272 g/mol. The number of hydrogen-bond donors (Lipinski definition) is 2. The lowest BCUT2D eigenvalue weighted by molar-refractivity contribution is -0.662. The van der Waals surface area contributed by atoms with Gasteiger partial charge in [-0.3, -0.25) is 14.3 Å². The van der Waals surface area contributed by atoms with Crippen LogP contribution in [-0.2, 0) is 6.54 Å². The van der Waals surface area contributed by atoms with E-state index in [0.717, 1.165) is 42.1 Å². The summed E-state index contributed by atoms with van der Waals surface area (Å²) < 4.78 is 1.71. The van der Waals surface area contributed by atoms with Crippen LogP contribution in [0.3, 0.4) is 0 Å². The molecule has 6 aliphatic carbocycles. The van der Waals surface area contributed by atoms with Crippen LogP contribution in [-0.4, -0.2) is 21.3 Å². The SMILES string of the molecule is Cc1cn(CC23C4C5C2C2C3C4C52CO)c(=O)[nH]c1=O. The number of nitrogens with zero attached hydrogens (tertiary/aromatic N) is 1. The van der Waals surface area contributed by atoms with E-state index >= 15 is 0 Å². The van der Waals surface area contributed by atoms with Gasteiger partial charge in [0, 0.05) is 30.3 Å². The standard InChI is InChI=1S/C15H16N2O3/c1-5-2-17(13(20)16-12(5)19)3-14-6-9-7(14)11-8(14)10(6)15(9,11)4-18/h2,6-11,18H,3-4H2,1H3,(H,16,19,20). The van der Waals surface area contributed by atoms with Gasteiger partial charge in [-0.15, -0.1) is 0 Å². The fraction of sp³-hybridized carbons (Fsp3) is 0.733. The Morgan fingerprint density at radius 3 is 2.25 bits per heavy atom. The van der Waals surface area contributed by atoms with Gasteiger partial charge in [0.15, 0.2) is 0 Å². The molecule has 7 rings (SSSR count). The number of aromatic amines is 1. The third kappa shape index (κ3) is 0.596. The number of aryl methyl sites for hydroxylation is 1. The second-order valence-electron chi connectivity index (χ2n) is 7.74. The van der Waals surface area contributed by atoms with Crippen LogP contribution in [0.5, 0.6) is 0 Å². The Kier molecular flexibility index (Phi) is 1.27. The maximum Gasteiger partial charge on any atom is 0.328 e. The molecule has 0 spiro atoms. The third-order valence-electron chi connectivity index (χ3n) is 7.95. The van der Waals surface area contributed by atoms with Crippen molar-refractivity contribution in [2.75, 3.05) is 6.61 Å². The topological polar surface area (TPSA) is 75.1 Å². The highest BCUT2D eigenvalue weighted by molar-refractivity contribution is 5.54. The van der Waals surface area contributed by atoms with E-state index in [-0.39, 0.29) is 11.2 Å². The average Bonchev–Trinajstić information content (AvgIpc) is 2.45.